The molecule has 0 spiro atoms. The van der Waals surface area contributed by atoms with Crippen LogP contribution in [0.4, 0.5) is 4.79 Å². The Balaban J connectivity index is 1.99. The van der Waals surface area contributed by atoms with Gasteiger partial charge < -0.3 is 9.15 Å². The zero-order valence-electron chi connectivity index (χ0n) is 13.7. The molecule has 0 aliphatic carbocycles. The third-order valence-corrected chi connectivity index (χ3v) is 3.90. The SMILES string of the molecule is COC(=O)NC(=O)[C@@H](C)N(C)Cc1ccc(-c2ccc(Cl)cc2)o1. The van der Waals surface area contributed by atoms with Gasteiger partial charge in [0.05, 0.1) is 19.7 Å². The molecule has 128 valence electrons. The highest BCUT2D eigenvalue weighted by Gasteiger charge is 2.21. The van der Waals surface area contributed by atoms with E-state index in [9.17, 15) is 9.59 Å². The van der Waals surface area contributed by atoms with E-state index < -0.39 is 18.0 Å². The van der Waals surface area contributed by atoms with Crippen LogP contribution in [0.2, 0.25) is 5.02 Å². The first-order valence-corrected chi connectivity index (χ1v) is 7.72. The maximum absolute atomic E-state index is 11.9. The summed E-state index contributed by atoms with van der Waals surface area (Å²) in [5.74, 6) is 0.996. The molecule has 2 rings (SSSR count). The summed E-state index contributed by atoms with van der Waals surface area (Å²) in [6.07, 6.45) is -0.775. The quantitative estimate of drug-likeness (QED) is 0.895. The molecule has 1 aromatic heterocycles. The van der Waals surface area contributed by atoms with Gasteiger partial charge in [0.1, 0.15) is 11.5 Å². The Labute approximate surface area is 145 Å². The summed E-state index contributed by atoms with van der Waals surface area (Å²) in [6.45, 7) is 2.12. The van der Waals surface area contributed by atoms with E-state index in [1.165, 1.54) is 7.11 Å². The molecule has 1 atom stereocenters. The van der Waals surface area contributed by atoms with Gasteiger partial charge in [0.2, 0.25) is 5.91 Å². The zero-order chi connectivity index (χ0) is 17.7. The number of carbonyl (C=O) groups excluding carboxylic acids is 2. The number of likely N-dealkylation sites (N-methyl/N-ethyl adjacent to an activating group) is 1. The molecular formula is C17H19ClN2O4. The van der Waals surface area contributed by atoms with Crippen molar-refractivity contribution in [3.8, 4) is 11.3 Å². The topological polar surface area (TPSA) is 71.8 Å². The number of hydrogen-bond donors (Lipinski definition) is 1. The number of imide groups is 1. The van der Waals surface area contributed by atoms with Gasteiger partial charge in [0.25, 0.3) is 0 Å². The minimum Gasteiger partial charge on any atom is -0.460 e. The van der Waals surface area contributed by atoms with Crippen LogP contribution >= 0.6 is 11.6 Å². The van der Waals surface area contributed by atoms with Gasteiger partial charge in [-0.25, -0.2) is 4.79 Å². The highest BCUT2D eigenvalue weighted by atomic mass is 35.5. The fourth-order valence-electron chi connectivity index (χ4n) is 2.07. The summed E-state index contributed by atoms with van der Waals surface area (Å²) in [5, 5.41) is 2.81. The number of hydrogen-bond acceptors (Lipinski definition) is 5. The molecule has 0 radical (unpaired) electrons. The Kier molecular flexibility index (Phi) is 6.00. The molecule has 0 saturated heterocycles. The number of amides is 2. The van der Waals surface area contributed by atoms with Crippen LogP contribution in [0, 0.1) is 0 Å². The number of furan rings is 1. The summed E-state index contributed by atoms with van der Waals surface area (Å²) < 4.78 is 10.2. The van der Waals surface area contributed by atoms with Crippen LogP contribution in [0.3, 0.4) is 0 Å². The molecule has 2 aromatic rings. The van der Waals surface area contributed by atoms with Gasteiger partial charge >= 0.3 is 6.09 Å². The van der Waals surface area contributed by atoms with Gasteiger partial charge in [-0.2, -0.15) is 0 Å². The Morgan fingerprint density at radius 1 is 1.25 bits per heavy atom. The highest BCUT2D eigenvalue weighted by molar-refractivity contribution is 6.30. The lowest BCUT2D eigenvalue weighted by Gasteiger charge is -2.22. The van der Waals surface area contributed by atoms with E-state index in [4.69, 9.17) is 16.0 Å². The van der Waals surface area contributed by atoms with Crippen molar-refractivity contribution in [2.45, 2.75) is 19.5 Å². The second-order valence-corrected chi connectivity index (χ2v) is 5.78. The Hall–Kier alpha value is -2.31. The number of nitrogens with zero attached hydrogens (tertiary/aromatic N) is 1. The molecule has 0 aliphatic heterocycles. The summed E-state index contributed by atoms with van der Waals surface area (Å²) in [4.78, 5) is 24.8. The average Bonchev–Trinajstić information content (AvgIpc) is 3.02. The molecule has 1 heterocycles. The van der Waals surface area contributed by atoms with Crippen LogP contribution in [0.1, 0.15) is 12.7 Å². The highest BCUT2D eigenvalue weighted by Crippen LogP contribution is 2.24. The van der Waals surface area contributed by atoms with Crippen molar-refractivity contribution < 1.29 is 18.7 Å². The zero-order valence-corrected chi connectivity index (χ0v) is 14.5. The second-order valence-electron chi connectivity index (χ2n) is 5.34. The Morgan fingerprint density at radius 2 is 1.92 bits per heavy atom. The van der Waals surface area contributed by atoms with Crippen molar-refractivity contribution in [1.29, 1.82) is 0 Å². The van der Waals surface area contributed by atoms with Crippen LogP contribution in [0.5, 0.6) is 0 Å². The van der Waals surface area contributed by atoms with E-state index in [0.717, 1.165) is 11.3 Å². The van der Waals surface area contributed by atoms with Crippen molar-refractivity contribution in [3.05, 3.63) is 47.2 Å². The minimum absolute atomic E-state index is 0.420. The minimum atomic E-state index is -0.775. The molecule has 7 heteroatoms. The van der Waals surface area contributed by atoms with Crippen LogP contribution in [0.15, 0.2) is 40.8 Å². The number of carbonyl (C=O) groups is 2. The van der Waals surface area contributed by atoms with E-state index in [1.54, 1.807) is 31.0 Å². The molecule has 6 nitrogen and oxygen atoms in total. The van der Waals surface area contributed by atoms with E-state index in [2.05, 4.69) is 10.1 Å². The number of ether oxygens (including phenoxy) is 1. The molecule has 0 fully saturated rings. The van der Waals surface area contributed by atoms with Crippen molar-refractivity contribution in [2.24, 2.45) is 0 Å². The van der Waals surface area contributed by atoms with Crippen LogP contribution < -0.4 is 5.32 Å². The standard InChI is InChI=1S/C17H19ClN2O4/c1-11(16(21)19-17(22)23-3)20(2)10-14-8-9-15(24-14)12-4-6-13(18)7-5-12/h4-9,11H,10H2,1-3H3,(H,19,21,22)/t11-/m1/s1. The predicted octanol–water partition coefficient (Wildman–Crippen LogP) is 3.30. The lowest BCUT2D eigenvalue weighted by molar-refractivity contribution is -0.124. The van der Waals surface area contributed by atoms with Gasteiger partial charge in [-0.3, -0.25) is 15.0 Å². The lowest BCUT2D eigenvalue weighted by atomic mass is 10.2. The van der Waals surface area contributed by atoms with Crippen molar-refractivity contribution in [1.82, 2.24) is 10.2 Å². The molecular weight excluding hydrogens is 332 g/mol. The largest absolute Gasteiger partial charge is 0.460 e. The number of benzene rings is 1. The molecule has 0 bridgehead atoms. The maximum Gasteiger partial charge on any atom is 0.413 e. The first-order valence-electron chi connectivity index (χ1n) is 7.34. The number of alkyl carbamates (subject to hydrolysis) is 1. The fraction of sp³-hybridized carbons (Fsp3) is 0.294. The average molecular weight is 351 g/mol. The third-order valence-electron chi connectivity index (χ3n) is 3.65. The maximum atomic E-state index is 11.9. The van der Waals surface area contributed by atoms with Crippen LogP contribution in [-0.2, 0) is 16.1 Å². The van der Waals surface area contributed by atoms with E-state index in [-0.39, 0.29) is 0 Å². The molecule has 0 saturated carbocycles. The first kappa shape index (κ1) is 18.0. The number of nitrogens with one attached hydrogen (secondary N) is 1. The van der Waals surface area contributed by atoms with Gasteiger partial charge in [-0.05, 0) is 50.4 Å². The normalized spacial score (nSPS) is 12.0. The number of methoxy groups -OCH3 is 1. The van der Waals surface area contributed by atoms with Gasteiger partial charge in [-0.15, -0.1) is 0 Å². The number of halogens is 1. The van der Waals surface area contributed by atoms with Crippen LogP contribution in [0.25, 0.3) is 11.3 Å². The monoisotopic (exact) mass is 350 g/mol. The first-order chi connectivity index (χ1) is 11.4. The Bertz CT molecular complexity index is 712. The molecule has 24 heavy (non-hydrogen) atoms. The van der Waals surface area contributed by atoms with E-state index in [1.807, 2.05) is 24.3 Å². The third kappa shape index (κ3) is 4.59. The van der Waals surface area contributed by atoms with E-state index in [0.29, 0.717) is 17.3 Å². The Morgan fingerprint density at radius 3 is 2.54 bits per heavy atom. The molecule has 0 unspecified atom stereocenters. The van der Waals surface area contributed by atoms with Crippen molar-refractivity contribution in [2.75, 3.05) is 14.2 Å². The van der Waals surface area contributed by atoms with Gasteiger partial charge in [0, 0.05) is 10.6 Å². The summed E-state index contributed by atoms with van der Waals surface area (Å²) in [7, 11) is 2.98. The summed E-state index contributed by atoms with van der Waals surface area (Å²) >= 11 is 5.88. The van der Waals surface area contributed by atoms with Crippen molar-refractivity contribution >= 4 is 23.6 Å². The lowest BCUT2D eigenvalue weighted by Crippen LogP contribution is -2.45. The summed E-state index contributed by atoms with van der Waals surface area (Å²) in [5.41, 5.74) is 0.921. The predicted molar refractivity (Wildman–Crippen MR) is 90.6 cm³/mol. The molecule has 0 aliphatic rings. The molecule has 1 aromatic carbocycles. The molecule has 1 N–H and O–H groups in total. The van der Waals surface area contributed by atoms with Gasteiger partial charge in [0.15, 0.2) is 0 Å². The van der Waals surface area contributed by atoms with Gasteiger partial charge in [-0.1, -0.05) is 11.6 Å². The second kappa shape index (κ2) is 7.99. The van der Waals surface area contributed by atoms with E-state index >= 15 is 0 Å². The smallest absolute Gasteiger partial charge is 0.413 e. The molecule has 2 amide bonds. The van der Waals surface area contributed by atoms with Crippen LogP contribution in [-0.4, -0.2) is 37.1 Å². The van der Waals surface area contributed by atoms with Crippen molar-refractivity contribution in [3.63, 3.8) is 0 Å². The number of rotatable bonds is 5. The summed E-state index contributed by atoms with van der Waals surface area (Å²) in [6, 6.07) is 10.5. The fourth-order valence-corrected chi connectivity index (χ4v) is 2.20.